The second-order valence-electron chi connectivity index (χ2n) is 5.89. The van der Waals surface area contributed by atoms with Crippen molar-refractivity contribution in [3.63, 3.8) is 0 Å². The minimum absolute atomic E-state index is 0.0555. The summed E-state index contributed by atoms with van der Waals surface area (Å²) in [5.74, 6) is -0.205. The highest BCUT2D eigenvalue weighted by Crippen LogP contribution is 2.44. The molecule has 0 radical (unpaired) electrons. The van der Waals surface area contributed by atoms with E-state index in [-0.39, 0.29) is 11.7 Å². The number of halogens is 1. The number of hydrogen-bond acceptors (Lipinski definition) is 2. The van der Waals surface area contributed by atoms with E-state index in [1.807, 2.05) is 41.3 Å². The molecule has 23 heavy (non-hydrogen) atoms. The van der Waals surface area contributed by atoms with Crippen LogP contribution in [0.1, 0.15) is 43.2 Å². The third kappa shape index (κ3) is 3.00. The quantitative estimate of drug-likeness (QED) is 0.762. The maximum Gasteiger partial charge on any atom is 0.239 e. The lowest BCUT2D eigenvalue weighted by Crippen LogP contribution is -2.30. The molecule has 0 spiro atoms. The first-order valence-electron chi connectivity index (χ1n) is 8.02. The number of aromatic hydroxyl groups is 1. The molecule has 0 saturated heterocycles. The smallest absolute Gasteiger partial charge is 0.239 e. The number of carbonyl (C=O) groups is 1. The molecular weight excluding hydrogens is 354 g/mol. The molecule has 3 nitrogen and oxygen atoms in total. The number of phenolic OH excluding ortho intramolecular Hbond substituents is 1. The summed E-state index contributed by atoms with van der Waals surface area (Å²) in [5, 5.41) is 10.3. The Labute approximate surface area is 145 Å². The third-order valence-electron chi connectivity index (χ3n) is 4.34. The van der Waals surface area contributed by atoms with Crippen molar-refractivity contribution in [2.75, 3.05) is 11.4 Å². The van der Waals surface area contributed by atoms with E-state index >= 15 is 0 Å². The minimum atomic E-state index is -0.416. The Morgan fingerprint density at radius 2 is 1.91 bits per heavy atom. The fraction of sp³-hybridized carbons (Fsp3) is 0.316. The van der Waals surface area contributed by atoms with Crippen molar-refractivity contribution in [2.24, 2.45) is 0 Å². The van der Waals surface area contributed by atoms with E-state index in [4.69, 9.17) is 0 Å². The number of phenols is 1. The first-order valence-corrected chi connectivity index (χ1v) is 8.81. The van der Waals surface area contributed by atoms with Crippen LogP contribution in [-0.2, 0) is 4.79 Å². The number of nitrogens with zero attached hydrogens (tertiary/aromatic N) is 1. The largest absolute Gasteiger partial charge is 0.508 e. The van der Waals surface area contributed by atoms with Crippen LogP contribution >= 0.6 is 15.9 Å². The molecule has 0 aromatic heterocycles. The van der Waals surface area contributed by atoms with Crippen molar-refractivity contribution >= 4 is 27.5 Å². The summed E-state index contributed by atoms with van der Waals surface area (Å²) < 4.78 is 0.803. The lowest BCUT2D eigenvalue weighted by molar-refractivity contribution is -0.118. The second-order valence-corrected chi connectivity index (χ2v) is 6.81. The second kappa shape index (κ2) is 6.75. The molecule has 0 fully saturated rings. The van der Waals surface area contributed by atoms with Crippen molar-refractivity contribution in [2.45, 2.75) is 32.1 Å². The summed E-state index contributed by atoms with van der Waals surface area (Å²) in [6, 6.07) is 13.2. The van der Waals surface area contributed by atoms with Crippen LogP contribution in [0, 0.1) is 0 Å². The molecule has 1 heterocycles. The summed E-state index contributed by atoms with van der Waals surface area (Å²) in [4.78, 5) is 14.9. The molecule has 0 saturated carbocycles. The molecule has 2 aromatic rings. The molecular formula is C19H20BrNO2. The zero-order valence-electron chi connectivity index (χ0n) is 13.1. The van der Waals surface area contributed by atoms with Gasteiger partial charge >= 0.3 is 0 Å². The standard InChI is InChI=1S/C19H20BrNO2/c1-2-3-6-11-21-16-8-5-4-7-14(16)18(19(21)23)15-10-9-13(20)12-17(15)22/h4-5,7-10,12,18,22H,2-3,6,11H2,1H3. The van der Waals surface area contributed by atoms with Gasteiger partial charge in [0.2, 0.25) is 5.91 Å². The lowest BCUT2D eigenvalue weighted by Gasteiger charge is -2.18. The summed E-state index contributed by atoms with van der Waals surface area (Å²) in [6.45, 7) is 2.89. The highest BCUT2D eigenvalue weighted by atomic mass is 79.9. The number of anilines is 1. The fourth-order valence-electron chi connectivity index (χ4n) is 3.20. The number of carbonyl (C=O) groups excluding carboxylic acids is 1. The molecule has 1 N–H and O–H groups in total. The van der Waals surface area contributed by atoms with E-state index < -0.39 is 5.92 Å². The van der Waals surface area contributed by atoms with Crippen LogP contribution < -0.4 is 4.90 Å². The number of hydrogen-bond donors (Lipinski definition) is 1. The molecule has 2 aromatic carbocycles. The summed E-state index contributed by atoms with van der Waals surface area (Å²) in [5.41, 5.74) is 2.62. The van der Waals surface area contributed by atoms with Gasteiger partial charge in [-0.25, -0.2) is 0 Å². The van der Waals surface area contributed by atoms with Gasteiger partial charge in [-0.05, 0) is 30.2 Å². The SMILES string of the molecule is CCCCCN1C(=O)C(c2ccc(Br)cc2O)c2ccccc21. The first-order chi connectivity index (χ1) is 11.1. The minimum Gasteiger partial charge on any atom is -0.508 e. The summed E-state index contributed by atoms with van der Waals surface area (Å²) in [6.07, 6.45) is 3.23. The Bertz CT molecular complexity index is 729. The molecule has 3 rings (SSSR count). The lowest BCUT2D eigenvalue weighted by atomic mass is 9.92. The van der Waals surface area contributed by atoms with Gasteiger partial charge in [-0.1, -0.05) is 60.0 Å². The normalized spacial score (nSPS) is 16.7. The third-order valence-corrected chi connectivity index (χ3v) is 4.83. The Kier molecular flexibility index (Phi) is 4.71. The van der Waals surface area contributed by atoms with Gasteiger partial charge in [0.15, 0.2) is 0 Å². The number of rotatable bonds is 5. The van der Waals surface area contributed by atoms with Crippen LogP contribution in [-0.4, -0.2) is 17.6 Å². The zero-order chi connectivity index (χ0) is 16.4. The zero-order valence-corrected chi connectivity index (χ0v) is 14.7. The van der Waals surface area contributed by atoms with Crippen molar-refractivity contribution in [3.05, 3.63) is 58.1 Å². The van der Waals surface area contributed by atoms with Crippen molar-refractivity contribution in [3.8, 4) is 5.75 Å². The van der Waals surface area contributed by atoms with E-state index in [2.05, 4.69) is 22.9 Å². The molecule has 1 amide bonds. The van der Waals surface area contributed by atoms with Crippen LogP contribution in [0.4, 0.5) is 5.69 Å². The van der Waals surface area contributed by atoms with E-state index in [0.717, 1.165) is 41.5 Å². The van der Waals surface area contributed by atoms with Crippen LogP contribution in [0.15, 0.2) is 46.9 Å². The molecule has 1 unspecified atom stereocenters. The molecule has 120 valence electrons. The number of benzene rings is 2. The monoisotopic (exact) mass is 373 g/mol. The van der Waals surface area contributed by atoms with Gasteiger partial charge < -0.3 is 10.0 Å². The number of amides is 1. The number of unbranched alkanes of at least 4 members (excludes halogenated alkanes) is 2. The number of fused-ring (bicyclic) bond motifs is 1. The Morgan fingerprint density at radius 3 is 2.65 bits per heavy atom. The Balaban J connectivity index is 2.00. The van der Waals surface area contributed by atoms with Crippen LogP contribution in [0.5, 0.6) is 5.75 Å². The molecule has 1 atom stereocenters. The number of para-hydroxylation sites is 1. The first kappa shape index (κ1) is 16.1. The van der Waals surface area contributed by atoms with Gasteiger partial charge in [-0.2, -0.15) is 0 Å². The molecule has 0 aliphatic carbocycles. The predicted molar refractivity (Wildman–Crippen MR) is 96.0 cm³/mol. The van der Waals surface area contributed by atoms with E-state index in [9.17, 15) is 9.90 Å². The van der Waals surface area contributed by atoms with Crippen LogP contribution in [0.2, 0.25) is 0 Å². The van der Waals surface area contributed by atoms with E-state index in [0.29, 0.717) is 5.56 Å². The Hall–Kier alpha value is -1.81. The predicted octanol–water partition coefficient (Wildman–Crippen LogP) is 4.82. The highest BCUT2D eigenvalue weighted by Gasteiger charge is 2.38. The van der Waals surface area contributed by atoms with Gasteiger partial charge in [0.1, 0.15) is 5.75 Å². The van der Waals surface area contributed by atoms with Crippen molar-refractivity contribution in [1.29, 1.82) is 0 Å². The van der Waals surface area contributed by atoms with Crippen molar-refractivity contribution < 1.29 is 9.90 Å². The summed E-state index contributed by atoms with van der Waals surface area (Å²) in [7, 11) is 0. The maximum atomic E-state index is 13.0. The molecule has 1 aliphatic heterocycles. The van der Waals surface area contributed by atoms with E-state index in [1.165, 1.54) is 0 Å². The average molecular weight is 374 g/mol. The fourth-order valence-corrected chi connectivity index (χ4v) is 3.55. The molecule has 4 heteroatoms. The van der Waals surface area contributed by atoms with Crippen LogP contribution in [0.3, 0.4) is 0 Å². The Morgan fingerprint density at radius 1 is 1.13 bits per heavy atom. The van der Waals surface area contributed by atoms with Gasteiger partial charge in [-0.15, -0.1) is 0 Å². The van der Waals surface area contributed by atoms with Crippen molar-refractivity contribution in [1.82, 2.24) is 0 Å². The van der Waals surface area contributed by atoms with Gasteiger partial charge in [0.25, 0.3) is 0 Å². The van der Waals surface area contributed by atoms with Gasteiger partial charge in [0.05, 0.1) is 5.92 Å². The maximum absolute atomic E-state index is 13.0. The molecule has 0 bridgehead atoms. The van der Waals surface area contributed by atoms with Crippen LogP contribution in [0.25, 0.3) is 0 Å². The van der Waals surface area contributed by atoms with E-state index in [1.54, 1.807) is 6.07 Å². The van der Waals surface area contributed by atoms with Gasteiger partial charge in [0, 0.05) is 22.3 Å². The van der Waals surface area contributed by atoms with Gasteiger partial charge in [-0.3, -0.25) is 4.79 Å². The molecule has 1 aliphatic rings. The topological polar surface area (TPSA) is 40.5 Å². The average Bonchev–Trinajstić information content (AvgIpc) is 2.81. The highest BCUT2D eigenvalue weighted by molar-refractivity contribution is 9.10. The summed E-state index contributed by atoms with van der Waals surface area (Å²) >= 11 is 3.35.